The number of likely N-dealkylation sites (tertiary alicyclic amines) is 1. The maximum atomic E-state index is 12.3. The first-order chi connectivity index (χ1) is 9.10. The summed E-state index contributed by atoms with van der Waals surface area (Å²) >= 11 is 1.50. The Kier molecular flexibility index (Phi) is 2.95. The number of amides is 1. The Balaban J connectivity index is 2.00. The quantitative estimate of drug-likeness (QED) is 0.914. The molecule has 2 heterocycles. The predicted octanol–water partition coefficient (Wildman–Crippen LogP) is 2.04. The van der Waals surface area contributed by atoms with E-state index in [9.17, 15) is 9.90 Å². The van der Waals surface area contributed by atoms with Gasteiger partial charge in [0.05, 0.1) is 18.1 Å². The van der Waals surface area contributed by atoms with Gasteiger partial charge in [0.15, 0.2) is 0 Å². The van der Waals surface area contributed by atoms with Crippen LogP contribution < -0.4 is 4.74 Å². The van der Waals surface area contributed by atoms with E-state index in [1.165, 1.54) is 11.3 Å². The van der Waals surface area contributed by atoms with Crippen molar-refractivity contribution >= 4 is 27.3 Å². The van der Waals surface area contributed by atoms with Crippen LogP contribution in [-0.2, 0) is 0 Å². The Morgan fingerprint density at radius 2 is 2.21 bits per heavy atom. The number of β-amino-alcohol motifs (C(OH)–C–C–N with tert-alkyl or cyclic N) is 1. The fourth-order valence-electron chi connectivity index (χ4n) is 2.30. The molecular weight excluding hydrogens is 262 g/mol. The Hall–Kier alpha value is -1.59. The molecule has 1 aromatic carbocycles. The Bertz CT molecular complexity index is 643. The van der Waals surface area contributed by atoms with Gasteiger partial charge < -0.3 is 14.7 Å². The number of carbonyl (C=O) groups excluding carboxylic acids is 1. The number of hydrogen-bond donors (Lipinski definition) is 1. The number of benzene rings is 1. The van der Waals surface area contributed by atoms with E-state index in [1.54, 1.807) is 12.0 Å². The maximum absolute atomic E-state index is 12.3. The van der Waals surface area contributed by atoms with Gasteiger partial charge in [-0.3, -0.25) is 4.79 Å². The average Bonchev–Trinajstić information content (AvgIpc) is 2.71. The summed E-state index contributed by atoms with van der Waals surface area (Å²) in [6, 6.07) is 5.84. The minimum absolute atomic E-state index is 0.0166. The first-order valence-corrected chi connectivity index (χ1v) is 6.96. The number of hydrogen-bond acceptors (Lipinski definition) is 4. The van der Waals surface area contributed by atoms with Crippen LogP contribution in [0.15, 0.2) is 18.2 Å². The zero-order valence-corrected chi connectivity index (χ0v) is 11.7. The summed E-state index contributed by atoms with van der Waals surface area (Å²) in [4.78, 5) is 14.8. The highest BCUT2D eigenvalue weighted by Crippen LogP contribution is 2.34. The van der Waals surface area contributed by atoms with Gasteiger partial charge in [-0.05, 0) is 36.1 Å². The van der Waals surface area contributed by atoms with Crippen molar-refractivity contribution in [3.63, 3.8) is 0 Å². The summed E-state index contributed by atoms with van der Waals surface area (Å²) < 4.78 is 6.30. The van der Waals surface area contributed by atoms with Crippen molar-refractivity contribution in [3.05, 3.63) is 28.6 Å². The van der Waals surface area contributed by atoms with Gasteiger partial charge in [-0.15, -0.1) is 11.3 Å². The standard InChI is InChI=1S/C14H15NO3S/c1-8-11-5-10(18-2)3-4-12(11)19-13(8)14(17)15-6-9(16)7-15/h3-5,9,16H,6-7H2,1-2H3. The summed E-state index contributed by atoms with van der Waals surface area (Å²) in [6.07, 6.45) is -0.362. The Morgan fingerprint density at radius 1 is 1.47 bits per heavy atom. The number of carbonyl (C=O) groups is 1. The molecule has 1 N–H and O–H groups in total. The van der Waals surface area contributed by atoms with Crippen LogP contribution >= 0.6 is 11.3 Å². The highest BCUT2D eigenvalue weighted by molar-refractivity contribution is 7.21. The van der Waals surface area contributed by atoms with Crippen molar-refractivity contribution in [3.8, 4) is 5.75 Å². The second kappa shape index (κ2) is 4.51. The Morgan fingerprint density at radius 3 is 2.84 bits per heavy atom. The molecule has 0 bridgehead atoms. The van der Waals surface area contributed by atoms with E-state index in [2.05, 4.69) is 0 Å². The molecule has 1 amide bonds. The second-order valence-corrected chi connectivity index (χ2v) is 5.83. The summed E-state index contributed by atoms with van der Waals surface area (Å²) in [5.74, 6) is 0.815. The molecule has 1 saturated heterocycles. The molecule has 0 saturated carbocycles. The Labute approximate surface area is 115 Å². The first kappa shape index (κ1) is 12.4. The van der Waals surface area contributed by atoms with Crippen LogP contribution in [0.3, 0.4) is 0 Å². The number of methoxy groups -OCH3 is 1. The number of thiophene rings is 1. The van der Waals surface area contributed by atoms with Gasteiger partial charge in [0, 0.05) is 17.8 Å². The third-order valence-electron chi connectivity index (χ3n) is 3.49. The van der Waals surface area contributed by atoms with Crippen molar-refractivity contribution in [2.45, 2.75) is 13.0 Å². The lowest BCUT2D eigenvalue weighted by Gasteiger charge is -2.35. The van der Waals surface area contributed by atoms with Gasteiger partial charge in [-0.1, -0.05) is 0 Å². The van der Waals surface area contributed by atoms with Crippen molar-refractivity contribution in [1.82, 2.24) is 4.90 Å². The number of nitrogens with zero attached hydrogens (tertiary/aromatic N) is 1. The predicted molar refractivity (Wildman–Crippen MR) is 75.0 cm³/mol. The van der Waals surface area contributed by atoms with Crippen molar-refractivity contribution in [2.24, 2.45) is 0 Å². The lowest BCUT2D eigenvalue weighted by atomic mass is 10.1. The van der Waals surface area contributed by atoms with Gasteiger partial charge in [0.2, 0.25) is 0 Å². The lowest BCUT2D eigenvalue weighted by Crippen LogP contribution is -2.53. The molecule has 0 aliphatic carbocycles. The van der Waals surface area contributed by atoms with Crippen LogP contribution in [0.5, 0.6) is 5.75 Å². The van der Waals surface area contributed by atoms with Crippen LogP contribution in [0.2, 0.25) is 0 Å². The molecule has 1 aliphatic rings. The fraction of sp³-hybridized carbons (Fsp3) is 0.357. The average molecular weight is 277 g/mol. The lowest BCUT2D eigenvalue weighted by molar-refractivity contribution is 0.00619. The van der Waals surface area contributed by atoms with Crippen molar-refractivity contribution in [1.29, 1.82) is 0 Å². The van der Waals surface area contributed by atoms with Crippen molar-refractivity contribution in [2.75, 3.05) is 20.2 Å². The topological polar surface area (TPSA) is 49.8 Å². The normalized spacial score (nSPS) is 15.6. The van der Waals surface area contributed by atoms with E-state index < -0.39 is 0 Å². The minimum Gasteiger partial charge on any atom is -0.497 e. The number of aryl methyl sites for hydroxylation is 1. The highest BCUT2D eigenvalue weighted by Gasteiger charge is 2.31. The van der Waals surface area contributed by atoms with Crippen LogP contribution in [0, 0.1) is 6.92 Å². The van der Waals surface area contributed by atoms with E-state index in [1.807, 2.05) is 25.1 Å². The maximum Gasteiger partial charge on any atom is 0.264 e. The molecule has 0 radical (unpaired) electrons. The highest BCUT2D eigenvalue weighted by atomic mass is 32.1. The molecule has 5 heteroatoms. The molecule has 1 aromatic heterocycles. The third kappa shape index (κ3) is 1.99. The van der Waals surface area contributed by atoms with Gasteiger partial charge in [-0.25, -0.2) is 0 Å². The molecule has 1 aliphatic heterocycles. The van der Waals surface area contributed by atoms with Crippen LogP contribution in [0.1, 0.15) is 15.2 Å². The van der Waals surface area contributed by atoms with Gasteiger partial charge in [0.25, 0.3) is 5.91 Å². The molecule has 3 rings (SSSR count). The SMILES string of the molecule is COc1ccc2sc(C(=O)N3CC(O)C3)c(C)c2c1. The third-order valence-corrected chi connectivity index (χ3v) is 4.75. The van der Waals surface area contributed by atoms with E-state index in [0.29, 0.717) is 13.1 Å². The first-order valence-electron chi connectivity index (χ1n) is 6.14. The van der Waals surface area contributed by atoms with E-state index >= 15 is 0 Å². The molecule has 0 unspecified atom stereocenters. The smallest absolute Gasteiger partial charge is 0.264 e. The second-order valence-electron chi connectivity index (χ2n) is 4.78. The van der Waals surface area contributed by atoms with Crippen LogP contribution in [0.25, 0.3) is 10.1 Å². The van der Waals surface area contributed by atoms with E-state index in [4.69, 9.17) is 4.74 Å². The largest absolute Gasteiger partial charge is 0.497 e. The van der Waals surface area contributed by atoms with Crippen LogP contribution in [0.4, 0.5) is 0 Å². The number of ether oxygens (including phenoxy) is 1. The molecule has 4 nitrogen and oxygen atoms in total. The molecule has 2 aromatic rings. The van der Waals surface area contributed by atoms with Crippen LogP contribution in [-0.4, -0.2) is 42.2 Å². The zero-order valence-electron chi connectivity index (χ0n) is 10.8. The summed E-state index contributed by atoms with van der Waals surface area (Å²) in [5.41, 5.74) is 0.991. The number of aliphatic hydroxyl groups excluding tert-OH is 1. The molecule has 0 spiro atoms. The van der Waals surface area contributed by atoms with Crippen molar-refractivity contribution < 1.29 is 14.6 Å². The van der Waals surface area contributed by atoms with E-state index in [0.717, 1.165) is 26.3 Å². The summed E-state index contributed by atoms with van der Waals surface area (Å²) in [5, 5.41) is 10.3. The minimum atomic E-state index is -0.362. The molecule has 19 heavy (non-hydrogen) atoms. The number of aliphatic hydroxyl groups is 1. The van der Waals surface area contributed by atoms with Gasteiger partial charge >= 0.3 is 0 Å². The number of fused-ring (bicyclic) bond motifs is 1. The zero-order chi connectivity index (χ0) is 13.6. The molecule has 0 atom stereocenters. The van der Waals surface area contributed by atoms with E-state index in [-0.39, 0.29) is 12.0 Å². The number of rotatable bonds is 2. The summed E-state index contributed by atoms with van der Waals surface area (Å²) in [7, 11) is 1.64. The van der Waals surface area contributed by atoms with Gasteiger partial charge in [-0.2, -0.15) is 0 Å². The van der Waals surface area contributed by atoms with Gasteiger partial charge in [0.1, 0.15) is 5.75 Å². The fourth-order valence-corrected chi connectivity index (χ4v) is 3.45. The molecule has 100 valence electrons. The molecule has 1 fully saturated rings. The summed E-state index contributed by atoms with van der Waals surface area (Å²) in [6.45, 7) is 2.84. The molecular formula is C14H15NO3S. The monoisotopic (exact) mass is 277 g/mol.